The third-order valence-electron chi connectivity index (χ3n) is 3.92. The van der Waals surface area contributed by atoms with Crippen LogP contribution in [0.15, 0.2) is 15.9 Å². The second-order valence-electron chi connectivity index (χ2n) is 5.35. The van der Waals surface area contributed by atoms with Crippen molar-refractivity contribution in [1.82, 2.24) is 5.32 Å². The van der Waals surface area contributed by atoms with Gasteiger partial charge in [-0.15, -0.1) is 11.3 Å². The molecule has 1 atom stereocenters. The van der Waals surface area contributed by atoms with Gasteiger partial charge in [-0.3, -0.25) is 4.79 Å². The number of thiophene rings is 1. The summed E-state index contributed by atoms with van der Waals surface area (Å²) in [6, 6.07) is 2.53. The Morgan fingerprint density at radius 3 is 2.74 bits per heavy atom. The van der Waals surface area contributed by atoms with Crippen LogP contribution in [-0.2, 0) is 4.79 Å². The van der Waals surface area contributed by atoms with Crippen LogP contribution in [0.3, 0.4) is 0 Å². The van der Waals surface area contributed by atoms with E-state index in [9.17, 15) is 4.79 Å². The maximum absolute atomic E-state index is 10.9. The molecule has 19 heavy (non-hydrogen) atoms. The SMILES string of the molecule is CC(NCC1CCC(C(=O)O)CC1)c1cc(Br)cs1. The molecule has 2 N–H and O–H groups in total. The molecule has 0 amide bonds. The Labute approximate surface area is 126 Å². The second-order valence-corrected chi connectivity index (χ2v) is 7.21. The zero-order valence-corrected chi connectivity index (χ0v) is 13.5. The van der Waals surface area contributed by atoms with Gasteiger partial charge in [-0.1, -0.05) is 0 Å². The van der Waals surface area contributed by atoms with Crippen molar-refractivity contribution in [2.45, 2.75) is 38.6 Å². The van der Waals surface area contributed by atoms with Gasteiger partial charge in [-0.05, 0) is 67.1 Å². The molecule has 1 aliphatic rings. The second kappa shape index (κ2) is 6.86. The zero-order valence-electron chi connectivity index (χ0n) is 11.1. The van der Waals surface area contributed by atoms with Crippen molar-refractivity contribution in [2.24, 2.45) is 11.8 Å². The predicted molar refractivity (Wildman–Crippen MR) is 81.5 cm³/mol. The number of halogens is 1. The van der Waals surface area contributed by atoms with Crippen LogP contribution in [0, 0.1) is 11.8 Å². The number of rotatable bonds is 5. The molecule has 0 radical (unpaired) electrons. The first-order chi connectivity index (χ1) is 9.06. The van der Waals surface area contributed by atoms with E-state index in [1.165, 1.54) is 4.88 Å². The Balaban J connectivity index is 1.73. The van der Waals surface area contributed by atoms with E-state index >= 15 is 0 Å². The highest BCUT2D eigenvalue weighted by Gasteiger charge is 2.25. The van der Waals surface area contributed by atoms with Gasteiger partial charge >= 0.3 is 5.97 Å². The van der Waals surface area contributed by atoms with E-state index in [1.807, 2.05) is 0 Å². The number of nitrogens with one attached hydrogen (secondary N) is 1. The lowest BCUT2D eigenvalue weighted by Crippen LogP contribution is -2.30. The third kappa shape index (κ3) is 4.29. The number of aliphatic carboxylic acids is 1. The molecule has 106 valence electrons. The number of carbonyl (C=O) groups is 1. The molecule has 0 spiro atoms. The van der Waals surface area contributed by atoms with E-state index in [0.717, 1.165) is 36.7 Å². The summed E-state index contributed by atoms with van der Waals surface area (Å²) in [5, 5.41) is 14.6. The average molecular weight is 346 g/mol. The molecule has 0 bridgehead atoms. The van der Waals surface area contributed by atoms with E-state index in [2.05, 4.69) is 39.6 Å². The van der Waals surface area contributed by atoms with Gasteiger partial charge in [0.2, 0.25) is 0 Å². The van der Waals surface area contributed by atoms with Crippen LogP contribution < -0.4 is 5.32 Å². The van der Waals surface area contributed by atoms with Crippen LogP contribution in [0.4, 0.5) is 0 Å². The molecule has 0 aliphatic heterocycles. The summed E-state index contributed by atoms with van der Waals surface area (Å²) >= 11 is 5.24. The first-order valence-corrected chi connectivity index (χ1v) is 8.43. The van der Waals surface area contributed by atoms with Crippen molar-refractivity contribution in [3.63, 3.8) is 0 Å². The fourth-order valence-corrected chi connectivity index (χ4v) is 4.09. The maximum Gasteiger partial charge on any atom is 0.306 e. The monoisotopic (exact) mass is 345 g/mol. The number of carboxylic acid groups (broad SMARTS) is 1. The smallest absolute Gasteiger partial charge is 0.306 e. The molecule has 3 nitrogen and oxygen atoms in total. The minimum absolute atomic E-state index is 0.109. The van der Waals surface area contributed by atoms with Crippen molar-refractivity contribution in [3.8, 4) is 0 Å². The highest BCUT2D eigenvalue weighted by atomic mass is 79.9. The Hall–Kier alpha value is -0.390. The first-order valence-electron chi connectivity index (χ1n) is 6.76. The van der Waals surface area contributed by atoms with Gasteiger partial charge in [-0.2, -0.15) is 0 Å². The molecule has 0 saturated heterocycles. The van der Waals surface area contributed by atoms with Gasteiger partial charge in [0.25, 0.3) is 0 Å². The van der Waals surface area contributed by atoms with Crippen molar-refractivity contribution in [1.29, 1.82) is 0 Å². The molecule has 1 fully saturated rings. The van der Waals surface area contributed by atoms with Gasteiger partial charge < -0.3 is 10.4 Å². The summed E-state index contributed by atoms with van der Waals surface area (Å²) in [6.45, 7) is 3.17. The van der Waals surface area contributed by atoms with Crippen LogP contribution in [0.1, 0.15) is 43.5 Å². The van der Waals surface area contributed by atoms with E-state index in [0.29, 0.717) is 12.0 Å². The molecule has 2 rings (SSSR count). The average Bonchev–Trinajstić information content (AvgIpc) is 2.83. The summed E-state index contributed by atoms with van der Waals surface area (Å²) in [4.78, 5) is 12.2. The highest BCUT2D eigenvalue weighted by molar-refractivity contribution is 9.10. The first kappa shape index (κ1) is 15.0. The lowest BCUT2D eigenvalue weighted by Gasteiger charge is -2.27. The molecule has 1 heterocycles. The number of carboxylic acids is 1. The third-order valence-corrected chi connectivity index (χ3v) is 5.80. The number of hydrogen-bond acceptors (Lipinski definition) is 3. The van der Waals surface area contributed by atoms with E-state index in [4.69, 9.17) is 5.11 Å². The molecular formula is C14H20BrNO2S. The Bertz CT molecular complexity index is 427. The van der Waals surface area contributed by atoms with Crippen LogP contribution >= 0.6 is 27.3 Å². The van der Waals surface area contributed by atoms with Crippen LogP contribution in [0.2, 0.25) is 0 Å². The van der Waals surface area contributed by atoms with E-state index in [1.54, 1.807) is 11.3 Å². The molecule has 5 heteroatoms. The standard InChI is InChI=1S/C14H20BrNO2S/c1-9(13-6-12(15)8-19-13)16-7-10-2-4-11(5-3-10)14(17)18/h6,8-11,16H,2-5,7H2,1H3,(H,17,18). The van der Waals surface area contributed by atoms with Gasteiger partial charge in [0.05, 0.1) is 5.92 Å². The minimum Gasteiger partial charge on any atom is -0.481 e. The largest absolute Gasteiger partial charge is 0.481 e. The summed E-state index contributed by atoms with van der Waals surface area (Å²) in [5.41, 5.74) is 0. The lowest BCUT2D eigenvalue weighted by molar-refractivity contribution is -0.143. The van der Waals surface area contributed by atoms with Gasteiger partial charge in [0, 0.05) is 20.8 Å². The quantitative estimate of drug-likeness (QED) is 0.846. The van der Waals surface area contributed by atoms with Crippen LogP contribution in [0.25, 0.3) is 0 Å². The molecule has 0 aromatic carbocycles. The number of hydrogen-bond donors (Lipinski definition) is 2. The van der Waals surface area contributed by atoms with Crippen LogP contribution in [0.5, 0.6) is 0 Å². The fraction of sp³-hybridized carbons (Fsp3) is 0.643. The summed E-state index contributed by atoms with van der Waals surface area (Å²) in [7, 11) is 0. The Kier molecular flexibility index (Phi) is 5.42. The Morgan fingerprint density at radius 2 is 2.21 bits per heavy atom. The maximum atomic E-state index is 10.9. The molecule has 1 unspecified atom stereocenters. The molecule has 1 aliphatic carbocycles. The van der Waals surface area contributed by atoms with Crippen molar-refractivity contribution in [3.05, 3.63) is 20.8 Å². The fourth-order valence-electron chi connectivity index (χ4n) is 2.61. The Morgan fingerprint density at radius 1 is 1.53 bits per heavy atom. The minimum atomic E-state index is -0.622. The van der Waals surface area contributed by atoms with Crippen molar-refractivity contribution >= 4 is 33.2 Å². The summed E-state index contributed by atoms with van der Waals surface area (Å²) in [5.74, 6) is -0.105. The summed E-state index contributed by atoms with van der Waals surface area (Å²) < 4.78 is 1.14. The lowest BCUT2D eigenvalue weighted by atomic mass is 9.82. The van der Waals surface area contributed by atoms with Crippen molar-refractivity contribution < 1.29 is 9.90 Å². The topological polar surface area (TPSA) is 49.3 Å². The van der Waals surface area contributed by atoms with Gasteiger partial charge in [-0.25, -0.2) is 0 Å². The van der Waals surface area contributed by atoms with E-state index in [-0.39, 0.29) is 5.92 Å². The van der Waals surface area contributed by atoms with E-state index < -0.39 is 5.97 Å². The highest BCUT2D eigenvalue weighted by Crippen LogP contribution is 2.30. The molecule has 1 saturated carbocycles. The normalized spacial score (nSPS) is 25.2. The predicted octanol–water partition coefficient (Wildman–Crippen LogP) is 4.05. The van der Waals surface area contributed by atoms with Gasteiger partial charge in [0.1, 0.15) is 0 Å². The molecular weight excluding hydrogens is 326 g/mol. The molecule has 1 aromatic heterocycles. The van der Waals surface area contributed by atoms with Crippen LogP contribution in [-0.4, -0.2) is 17.6 Å². The summed E-state index contributed by atoms with van der Waals surface area (Å²) in [6.07, 6.45) is 3.73. The van der Waals surface area contributed by atoms with Gasteiger partial charge in [0.15, 0.2) is 0 Å². The van der Waals surface area contributed by atoms with Crippen molar-refractivity contribution in [2.75, 3.05) is 6.54 Å². The zero-order chi connectivity index (χ0) is 13.8. The molecule has 1 aromatic rings.